The molecule has 0 aromatic carbocycles. The molecule has 2 unspecified atom stereocenters. The number of rotatable bonds is 2. The molecule has 0 spiro atoms. The Hall–Kier alpha value is -0.720. The van der Waals surface area contributed by atoms with Crippen LogP contribution >= 0.6 is 15.9 Å². The minimum Gasteiger partial charge on any atom is -0.394 e. The topological polar surface area (TPSA) is 75.6 Å². The maximum absolute atomic E-state index is 11.7. The molecule has 5 nitrogen and oxygen atoms in total. The molecule has 1 saturated heterocycles. The molecule has 94 valence electrons. The minimum absolute atomic E-state index is 0.0386. The number of carbonyl (C=O) groups is 2. The van der Waals surface area contributed by atoms with Gasteiger partial charge in [0.15, 0.2) is 0 Å². The lowest BCUT2D eigenvalue weighted by Gasteiger charge is -2.23. The second-order valence-electron chi connectivity index (χ2n) is 4.34. The maximum Gasteiger partial charge on any atom is 0.253 e. The fourth-order valence-electron chi connectivity index (χ4n) is 2.12. The van der Waals surface area contributed by atoms with Crippen LogP contribution in [0.25, 0.3) is 0 Å². The predicted octanol–water partition coefficient (Wildman–Crippen LogP) is 0.119. The van der Waals surface area contributed by atoms with Crippen LogP contribution < -0.4 is 5.32 Å². The van der Waals surface area contributed by atoms with E-state index in [0.29, 0.717) is 12.0 Å². The van der Waals surface area contributed by atoms with Gasteiger partial charge < -0.3 is 9.84 Å². The zero-order valence-electron chi connectivity index (χ0n) is 9.35. The number of hydrogen-bond donors (Lipinski definition) is 2. The lowest BCUT2D eigenvalue weighted by Crippen LogP contribution is -2.44. The van der Waals surface area contributed by atoms with Crippen LogP contribution in [0, 0.1) is 5.92 Å². The third-order valence-electron chi connectivity index (χ3n) is 3.12. The van der Waals surface area contributed by atoms with E-state index in [9.17, 15) is 9.59 Å². The summed E-state index contributed by atoms with van der Waals surface area (Å²) in [5, 5.41) is 11.4. The van der Waals surface area contributed by atoms with Crippen molar-refractivity contribution in [2.75, 3.05) is 6.61 Å². The van der Waals surface area contributed by atoms with E-state index in [0.717, 1.165) is 0 Å². The van der Waals surface area contributed by atoms with E-state index < -0.39 is 5.92 Å². The van der Waals surface area contributed by atoms with Gasteiger partial charge in [0, 0.05) is 10.4 Å². The first kappa shape index (κ1) is 12.7. The second kappa shape index (κ2) is 4.88. The average Bonchev–Trinajstić information content (AvgIpc) is 2.65. The van der Waals surface area contributed by atoms with Gasteiger partial charge in [-0.05, 0) is 13.3 Å². The maximum atomic E-state index is 11.7. The first-order valence-electron chi connectivity index (χ1n) is 5.47. The van der Waals surface area contributed by atoms with Crippen LogP contribution in [0.1, 0.15) is 13.3 Å². The monoisotopic (exact) mass is 303 g/mol. The van der Waals surface area contributed by atoms with Gasteiger partial charge in [0.2, 0.25) is 5.91 Å². The number of nitrogens with one attached hydrogen (secondary N) is 1. The fourth-order valence-corrected chi connectivity index (χ4v) is 2.78. The van der Waals surface area contributed by atoms with E-state index in [1.54, 1.807) is 13.0 Å². The summed E-state index contributed by atoms with van der Waals surface area (Å²) in [6.45, 7) is 1.58. The highest BCUT2D eigenvalue weighted by molar-refractivity contribution is 9.09. The largest absolute Gasteiger partial charge is 0.394 e. The molecule has 0 bridgehead atoms. The summed E-state index contributed by atoms with van der Waals surface area (Å²) < 4.78 is 5.60. The van der Waals surface area contributed by atoms with Crippen molar-refractivity contribution < 1.29 is 19.4 Å². The van der Waals surface area contributed by atoms with Gasteiger partial charge in [-0.2, -0.15) is 0 Å². The van der Waals surface area contributed by atoms with Crippen molar-refractivity contribution in [1.82, 2.24) is 5.32 Å². The zero-order chi connectivity index (χ0) is 12.6. The molecule has 2 amide bonds. The Morgan fingerprint density at radius 1 is 1.59 bits per heavy atom. The van der Waals surface area contributed by atoms with E-state index in [1.807, 2.05) is 0 Å². The number of aliphatic hydroxyl groups excluding tert-OH is 1. The number of amides is 2. The van der Waals surface area contributed by atoms with Crippen LogP contribution in [0.3, 0.4) is 0 Å². The first-order valence-corrected chi connectivity index (χ1v) is 6.38. The number of hydrogen-bond acceptors (Lipinski definition) is 4. The summed E-state index contributed by atoms with van der Waals surface area (Å²) in [5.74, 6) is -1.13. The van der Waals surface area contributed by atoms with Crippen LogP contribution in [0.2, 0.25) is 0 Å². The number of ether oxygens (including phenoxy) is 1. The standard InChI is InChI=1S/C11H14BrNO4/c1-5-2-6(11(16)13-10(5)15)8-3-7(12)9(4-14)17-8/h2,6-9,14H,3-4H2,1H3,(H,13,15,16)/t6?,7?,8-,9-/m1/s1. The molecule has 0 aromatic rings. The first-order chi connectivity index (χ1) is 8.02. The van der Waals surface area contributed by atoms with E-state index in [1.165, 1.54) is 0 Å². The Morgan fingerprint density at radius 3 is 2.88 bits per heavy atom. The lowest BCUT2D eigenvalue weighted by atomic mass is 9.93. The molecular weight excluding hydrogens is 290 g/mol. The van der Waals surface area contributed by atoms with Crippen LogP contribution in [0.5, 0.6) is 0 Å². The SMILES string of the molecule is CC1=CC([C@H]2CC(Br)[C@@H](CO)O2)C(=O)NC1=O. The molecule has 2 N–H and O–H groups in total. The van der Waals surface area contributed by atoms with Crippen molar-refractivity contribution in [1.29, 1.82) is 0 Å². The Bertz CT molecular complexity index is 382. The molecule has 2 aliphatic rings. The van der Waals surface area contributed by atoms with E-state index in [2.05, 4.69) is 21.2 Å². The molecule has 6 heteroatoms. The quantitative estimate of drug-likeness (QED) is 0.561. The number of aliphatic hydroxyl groups is 1. The van der Waals surface area contributed by atoms with Gasteiger partial charge in [0.1, 0.15) is 0 Å². The molecule has 0 aromatic heterocycles. The molecular formula is C11H14BrNO4. The Kier molecular flexibility index (Phi) is 3.65. The Labute approximate surface area is 107 Å². The summed E-state index contributed by atoms with van der Waals surface area (Å²) in [6.07, 6.45) is 1.70. The van der Waals surface area contributed by atoms with Crippen molar-refractivity contribution in [3.63, 3.8) is 0 Å². The van der Waals surface area contributed by atoms with Crippen LogP contribution in [-0.4, -0.2) is 40.6 Å². The van der Waals surface area contributed by atoms with Gasteiger partial charge in [-0.3, -0.25) is 14.9 Å². The molecule has 0 aliphatic carbocycles. The van der Waals surface area contributed by atoms with E-state index in [-0.39, 0.29) is 35.5 Å². The van der Waals surface area contributed by atoms with Crippen molar-refractivity contribution in [2.45, 2.75) is 30.4 Å². The highest BCUT2D eigenvalue weighted by atomic mass is 79.9. The zero-order valence-corrected chi connectivity index (χ0v) is 10.9. The molecule has 17 heavy (non-hydrogen) atoms. The predicted molar refractivity (Wildman–Crippen MR) is 63.5 cm³/mol. The lowest BCUT2D eigenvalue weighted by molar-refractivity contribution is -0.134. The molecule has 2 heterocycles. The summed E-state index contributed by atoms with van der Waals surface area (Å²) >= 11 is 3.41. The summed E-state index contributed by atoms with van der Waals surface area (Å²) in [7, 11) is 0. The molecule has 4 atom stereocenters. The van der Waals surface area contributed by atoms with E-state index >= 15 is 0 Å². The highest BCUT2D eigenvalue weighted by Crippen LogP contribution is 2.32. The van der Waals surface area contributed by atoms with Gasteiger partial charge in [-0.1, -0.05) is 22.0 Å². The number of alkyl halides is 1. The van der Waals surface area contributed by atoms with Gasteiger partial charge in [-0.25, -0.2) is 0 Å². The Balaban J connectivity index is 2.13. The third-order valence-corrected chi connectivity index (χ3v) is 4.08. The molecule has 1 fully saturated rings. The van der Waals surface area contributed by atoms with Crippen molar-refractivity contribution in [3.05, 3.63) is 11.6 Å². The highest BCUT2D eigenvalue weighted by Gasteiger charge is 2.41. The summed E-state index contributed by atoms with van der Waals surface area (Å²) in [4.78, 5) is 23.0. The van der Waals surface area contributed by atoms with E-state index in [4.69, 9.17) is 9.84 Å². The summed E-state index contributed by atoms with van der Waals surface area (Å²) in [6, 6.07) is 0. The van der Waals surface area contributed by atoms with Gasteiger partial charge >= 0.3 is 0 Å². The fraction of sp³-hybridized carbons (Fsp3) is 0.636. The normalized spacial score (nSPS) is 37.9. The number of carbonyl (C=O) groups excluding carboxylic acids is 2. The minimum atomic E-state index is -0.454. The second-order valence-corrected chi connectivity index (χ2v) is 5.52. The number of halogens is 1. The molecule has 0 saturated carbocycles. The summed E-state index contributed by atoms with van der Waals surface area (Å²) in [5.41, 5.74) is 0.525. The molecule has 2 rings (SSSR count). The van der Waals surface area contributed by atoms with Crippen molar-refractivity contribution >= 4 is 27.7 Å². The van der Waals surface area contributed by atoms with Crippen LogP contribution in [0.15, 0.2) is 11.6 Å². The van der Waals surface area contributed by atoms with Crippen LogP contribution in [-0.2, 0) is 14.3 Å². The van der Waals surface area contributed by atoms with Gasteiger partial charge in [0.05, 0.1) is 24.7 Å². The number of imide groups is 1. The third kappa shape index (κ3) is 2.43. The smallest absolute Gasteiger partial charge is 0.253 e. The van der Waals surface area contributed by atoms with Crippen molar-refractivity contribution in [2.24, 2.45) is 5.92 Å². The average molecular weight is 304 g/mol. The van der Waals surface area contributed by atoms with Gasteiger partial charge in [-0.15, -0.1) is 0 Å². The van der Waals surface area contributed by atoms with Crippen LogP contribution in [0.4, 0.5) is 0 Å². The molecule has 2 aliphatic heterocycles. The Morgan fingerprint density at radius 2 is 2.29 bits per heavy atom. The molecule has 0 radical (unpaired) electrons. The van der Waals surface area contributed by atoms with Crippen molar-refractivity contribution in [3.8, 4) is 0 Å². The van der Waals surface area contributed by atoms with Gasteiger partial charge in [0.25, 0.3) is 5.91 Å².